The van der Waals surface area contributed by atoms with E-state index >= 15 is 0 Å². The fourth-order valence-electron chi connectivity index (χ4n) is 7.28. The Morgan fingerprint density at radius 1 is 1.23 bits per heavy atom. The first-order valence-corrected chi connectivity index (χ1v) is 9.96. The lowest BCUT2D eigenvalue weighted by Gasteiger charge is -2.60. The van der Waals surface area contributed by atoms with Crippen LogP contribution in [0.15, 0.2) is 11.6 Å². The molecule has 0 aliphatic heterocycles. The maximum atomic E-state index is 12.4. The molecule has 0 aromatic heterocycles. The van der Waals surface area contributed by atoms with E-state index in [0.29, 0.717) is 19.3 Å². The van der Waals surface area contributed by atoms with Crippen molar-refractivity contribution < 1.29 is 24.9 Å². The maximum Gasteiger partial charge on any atom is 0.190 e. The predicted octanol–water partition coefficient (Wildman–Crippen LogP) is 1.78. The number of aliphatic hydroxyl groups is 3. The molecule has 5 heteroatoms. The van der Waals surface area contributed by atoms with Crippen LogP contribution in [0, 0.1) is 28.6 Å². The largest absolute Gasteiger partial charge is 0.393 e. The van der Waals surface area contributed by atoms with Crippen molar-refractivity contribution in [2.75, 3.05) is 6.61 Å². The van der Waals surface area contributed by atoms with Gasteiger partial charge in [-0.2, -0.15) is 0 Å². The summed E-state index contributed by atoms with van der Waals surface area (Å²) in [5, 5.41) is 31.7. The van der Waals surface area contributed by atoms with Crippen molar-refractivity contribution in [3.63, 3.8) is 0 Å². The van der Waals surface area contributed by atoms with E-state index in [-0.39, 0.29) is 29.0 Å². The Hall–Kier alpha value is -1.04. The molecular weight excluding hydrogens is 332 g/mol. The van der Waals surface area contributed by atoms with E-state index in [1.807, 2.05) is 6.92 Å². The summed E-state index contributed by atoms with van der Waals surface area (Å²) in [6.07, 6.45) is 5.74. The summed E-state index contributed by atoms with van der Waals surface area (Å²) in [5.74, 6) is 0.140. The molecule has 4 aliphatic carbocycles. The minimum Gasteiger partial charge on any atom is -0.393 e. The second-order valence-electron chi connectivity index (χ2n) is 9.56. The van der Waals surface area contributed by atoms with Crippen LogP contribution < -0.4 is 0 Å². The molecule has 7 atom stereocenters. The summed E-state index contributed by atoms with van der Waals surface area (Å²) < 4.78 is 0. The van der Waals surface area contributed by atoms with Gasteiger partial charge < -0.3 is 15.3 Å². The van der Waals surface area contributed by atoms with Crippen LogP contribution in [0.1, 0.15) is 58.8 Å². The van der Waals surface area contributed by atoms with Gasteiger partial charge in [0.2, 0.25) is 0 Å². The van der Waals surface area contributed by atoms with Gasteiger partial charge >= 0.3 is 0 Å². The minimum absolute atomic E-state index is 0.0697. The fourth-order valence-corrected chi connectivity index (χ4v) is 7.28. The molecule has 0 heterocycles. The number of fused-ring (bicyclic) bond motifs is 5. The molecule has 4 aliphatic rings. The Bertz CT molecular complexity index is 684. The highest BCUT2D eigenvalue weighted by Gasteiger charge is 2.68. The standard InChI is InChI=1S/C21H30O5/c1-19-7-5-13(23)9-12(19)3-4-14-15-6-8-21(26,17(25)11-22)20(15,2)10-16(24)18(14)19/h9,14-16,18,22,24,26H,3-8,10-11H2,1-2H3/t14-,15-,16?,18+,19-,20-,21-/m0/s1. The average Bonchev–Trinajstić information content (AvgIpc) is 2.86. The molecule has 1 unspecified atom stereocenters. The zero-order valence-electron chi connectivity index (χ0n) is 15.7. The van der Waals surface area contributed by atoms with Gasteiger partial charge in [0.25, 0.3) is 0 Å². The molecule has 144 valence electrons. The van der Waals surface area contributed by atoms with Gasteiger partial charge in [-0.05, 0) is 67.8 Å². The number of carbonyl (C=O) groups excluding carboxylic acids is 2. The molecule has 0 radical (unpaired) electrons. The number of aliphatic hydroxyl groups excluding tert-OH is 2. The topological polar surface area (TPSA) is 94.8 Å². The lowest BCUT2D eigenvalue weighted by Crippen LogP contribution is -2.62. The monoisotopic (exact) mass is 362 g/mol. The van der Waals surface area contributed by atoms with Crippen LogP contribution in [-0.2, 0) is 9.59 Å². The van der Waals surface area contributed by atoms with Gasteiger partial charge in [0.1, 0.15) is 12.2 Å². The average molecular weight is 362 g/mol. The highest BCUT2D eigenvalue weighted by atomic mass is 16.3. The molecule has 0 aromatic rings. The molecule has 0 spiro atoms. The van der Waals surface area contributed by atoms with E-state index in [1.165, 1.54) is 5.57 Å². The zero-order chi connectivity index (χ0) is 18.9. The molecule has 3 saturated carbocycles. The number of carbonyl (C=O) groups is 2. The predicted molar refractivity (Wildman–Crippen MR) is 95.1 cm³/mol. The summed E-state index contributed by atoms with van der Waals surface area (Å²) >= 11 is 0. The van der Waals surface area contributed by atoms with Crippen molar-refractivity contribution in [3.8, 4) is 0 Å². The van der Waals surface area contributed by atoms with E-state index in [4.69, 9.17) is 0 Å². The minimum atomic E-state index is -1.54. The lowest BCUT2D eigenvalue weighted by atomic mass is 9.45. The Labute approximate surface area is 154 Å². The number of allylic oxidation sites excluding steroid dienone is 1. The van der Waals surface area contributed by atoms with Crippen LogP contribution in [0.4, 0.5) is 0 Å². The Balaban J connectivity index is 1.74. The van der Waals surface area contributed by atoms with Gasteiger partial charge in [0, 0.05) is 11.8 Å². The second-order valence-corrected chi connectivity index (χ2v) is 9.56. The molecule has 4 rings (SSSR count). The summed E-state index contributed by atoms with van der Waals surface area (Å²) in [4.78, 5) is 24.3. The Morgan fingerprint density at radius 3 is 2.65 bits per heavy atom. The van der Waals surface area contributed by atoms with Gasteiger partial charge in [-0.1, -0.05) is 19.4 Å². The summed E-state index contributed by atoms with van der Waals surface area (Å²) in [7, 11) is 0. The summed E-state index contributed by atoms with van der Waals surface area (Å²) in [6.45, 7) is 3.46. The van der Waals surface area contributed by atoms with Crippen LogP contribution in [0.3, 0.4) is 0 Å². The Kier molecular flexibility index (Phi) is 4.04. The normalized spacial score (nSPS) is 50.5. The van der Waals surface area contributed by atoms with Crippen molar-refractivity contribution in [1.82, 2.24) is 0 Å². The van der Waals surface area contributed by atoms with E-state index < -0.39 is 29.5 Å². The number of ketones is 2. The smallest absolute Gasteiger partial charge is 0.190 e. The van der Waals surface area contributed by atoms with Gasteiger partial charge in [-0.3, -0.25) is 9.59 Å². The lowest BCUT2D eigenvalue weighted by molar-refractivity contribution is -0.182. The SMILES string of the molecule is C[C@]12CCC(=O)C=C1CC[C@@H]1[C@@H]2C(O)C[C@@]2(C)[C@H]1CC[C@]2(O)C(=O)CO. The van der Waals surface area contributed by atoms with Gasteiger partial charge in [-0.15, -0.1) is 0 Å². The highest BCUT2D eigenvalue weighted by Crippen LogP contribution is 2.67. The van der Waals surface area contributed by atoms with E-state index in [9.17, 15) is 24.9 Å². The molecular formula is C21H30O5. The van der Waals surface area contributed by atoms with E-state index in [0.717, 1.165) is 25.7 Å². The summed E-state index contributed by atoms with van der Waals surface area (Å²) in [5.41, 5.74) is -1.23. The Morgan fingerprint density at radius 2 is 1.96 bits per heavy atom. The van der Waals surface area contributed by atoms with E-state index in [2.05, 4.69) is 6.92 Å². The zero-order valence-corrected chi connectivity index (χ0v) is 15.7. The van der Waals surface area contributed by atoms with Crippen LogP contribution in [0.5, 0.6) is 0 Å². The fraction of sp³-hybridized carbons (Fsp3) is 0.810. The third-order valence-corrected chi connectivity index (χ3v) is 8.65. The molecule has 26 heavy (non-hydrogen) atoms. The van der Waals surface area contributed by atoms with E-state index in [1.54, 1.807) is 6.08 Å². The van der Waals surface area contributed by atoms with Crippen LogP contribution in [0.25, 0.3) is 0 Å². The van der Waals surface area contributed by atoms with Crippen LogP contribution in [0.2, 0.25) is 0 Å². The first kappa shape index (κ1) is 18.3. The second kappa shape index (κ2) is 5.73. The molecule has 5 nitrogen and oxygen atoms in total. The van der Waals surface area contributed by atoms with Crippen molar-refractivity contribution >= 4 is 11.6 Å². The molecule has 0 bridgehead atoms. The molecule has 3 fully saturated rings. The van der Waals surface area contributed by atoms with Gasteiger partial charge in [-0.25, -0.2) is 0 Å². The third-order valence-electron chi connectivity index (χ3n) is 8.65. The van der Waals surface area contributed by atoms with Crippen molar-refractivity contribution in [2.24, 2.45) is 28.6 Å². The first-order valence-electron chi connectivity index (χ1n) is 9.96. The van der Waals surface area contributed by atoms with Gasteiger partial charge in [0.15, 0.2) is 11.6 Å². The number of hydrogen-bond acceptors (Lipinski definition) is 5. The molecule has 3 N–H and O–H groups in total. The number of rotatable bonds is 2. The summed E-state index contributed by atoms with van der Waals surface area (Å²) in [6, 6.07) is 0. The van der Waals surface area contributed by atoms with Crippen molar-refractivity contribution in [2.45, 2.75) is 70.5 Å². The quantitative estimate of drug-likeness (QED) is 0.696. The van der Waals surface area contributed by atoms with Crippen LogP contribution >= 0.6 is 0 Å². The van der Waals surface area contributed by atoms with Gasteiger partial charge in [0.05, 0.1) is 6.10 Å². The van der Waals surface area contributed by atoms with Crippen molar-refractivity contribution in [1.29, 1.82) is 0 Å². The maximum absolute atomic E-state index is 12.4. The van der Waals surface area contributed by atoms with Crippen LogP contribution in [-0.4, -0.2) is 45.2 Å². The first-order chi connectivity index (χ1) is 12.2. The number of hydrogen-bond donors (Lipinski definition) is 3. The third kappa shape index (κ3) is 2.14. The number of Topliss-reactive ketones (excluding diaryl/α,β-unsaturated/α-hetero) is 1. The highest BCUT2D eigenvalue weighted by molar-refractivity contribution is 5.91. The molecule has 0 saturated heterocycles. The van der Waals surface area contributed by atoms with Crippen molar-refractivity contribution in [3.05, 3.63) is 11.6 Å². The molecule has 0 aromatic carbocycles. The molecule has 0 amide bonds.